The third-order valence-electron chi connectivity index (χ3n) is 3.84. The van der Waals surface area contributed by atoms with E-state index in [4.69, 9.17) is 0 Å². The average molecular weight is 383 g/mol. The van der Waals surface area contributed by atoms with Gasteiger partial charge in [-0.1, -0.05) is 38.1 Å². The normalized spacial score (nSPS) is 13.2. The van der Waals surface area contributed by atoms with Crippen molar-refractivity contribution < 1.29 is 16.8 Å². The van der Waals surface area contributed by atoms with Crippen molar-refractivity contribution in [2.45, 2.75) is 31.1 Å². The maximum absolute atomic E-state index is 12.6. The van der Waals surface area contributed by atoms with Crippen LogP contribution in [0, 0.1) is 0 Å². The van der Waals surface area contributed by atoms with E-state index in [2.05, 4.69) is 23.3 Å². The summed E-state index contributed by atoms with van der Waals surface area (Å²) in [4.78, 5) is 0.119. The van der Waals surface area contributed by atoms with Crippen LogP contribution in [0.2, 0.25) is 0 Å². The Balaban J connectivity index is 2.30. The molecule has 0 aliphatic rings. The first-order chi connectivity index (χ1) is 11.6. The van der Waals surface area contributed by atoms with Crippen LogP contribution in [0.1, 0.15) is 31.7 Å². The van der Waals surface area contributed by atoms with Crippen LogP contribution < -0.4 is 9.44 Å². The fourth-order valence-electron chi connectivity index (χ4n) is 2.28. The van der Waals surface area contributed by atoms with Gasteiger partial charge in [-0.3, -0.25) is 9.44 Å². The summed E-state index contributed by atoms with van der Waals surface area (Å²) in [5.41, 5.74) is 1.41. The summed E-state index contributed by atoms with van der Waals surface area (Å²) in [6.45, 7) is 4.15. The number of hydrogen-bond donors (Lipinski definition) is 2. The van der Waals surface area contributed by atoms with Crippen molar-refractivity contribution >= 4 is 31.4 Å². The Labute approximate surface area is 149 Å². The zero-order valence-electron chi connectivity index (χ0n) is 14.4. The summed E-state index contributed by atoms with van der Waals surface area (Å²) < 4.78 is 52.8. The van der Waals surface area contributed by atoms with Crippen LogP contribution >= 0.6 is 0 Å². The fourth-order valence-corrected chi connectivity index (χ4v) is 3.93. The second-order valence-corrected chi connectivity index (χ2v) is 9.33. The van der Waals surface area contributed by atoms with Crippen LogP contribution in [-0.2, 0) is 20.0 Å². The lowest BCUT2D eigenvalue weighted by atomic mass is 9.99. The maximum atomic E-state index is 12.6. The molecule has 25 heavy (non-hydrogen) atoms. The molecule has 2 aromatic carbocycles. The highest BCUT2D eigenvalue weighted by Gasteiger charge is 2.17. The summed E-state index contributed by atoms with van der Waals surface area (Å²) in [6.07, 6.45) is 1.97. The van der Waals surface area contributed by atoms with Gasteiger partial charge < -0.3 is 0 Å². The molecule has 0 saturated carbocycles. The van der Waals surface area contributed by atoms with E-state index < -0.39 is 20.0 Å². The number of benzene rings is 2. The van der Waals surface area contributed by atoms with Gasteiger partial charge in [-0.15, -0.1) is 0 Å². The first-order valence-corrected chi connectivity index (χ1v) is 11.2. The lowest BCUT2D eigenvalue weighted by Crippen LogP contribution is -2.16. The minimum atomic E-state index is -3.83. The second-order valence-electron chi connectivity index (χ2n) is 5.90. The van der Waals surface area contributed by atoms with Crippen molar-refractivity contribution in [1.82, 2.24) is 0 Å². The Morgan fingerprint density at radius 2 is 1.40 bits per heavy atom. The second kappa shape index (κ2) is 7.45. The Hall–Kier alpha value is -2.06. The monoisotopic (exact) mass is 382 g/mol. The third-order valence-corrected chi connectivity index (χ3v) is 5.81. The molecule has 0 amide bonds. The minimum absolute atomic E-state index is 0.119. The largest absolute Gasteiger partial charge is 0.282 e. The first kappa shape index (κ1) is 19.3. The Kier molecular flexibility index (Phi) is 5.74. The summed E-state index contributed by atoms with van der Waals surface area (Å²) in [6, 6.07) is 12.9. The topological polar surface area (TPSA) is 92.3 Å². The molecule has 2 aromatic rings. The van der Waals surface area contributed by atoms with Crippen LogP contribution in [-0.4, -0.2) is 23.1 Å². The van der Waals surface area contributed by atoms with Gasteiger partial charge in [0.2, 0.25) is 10.0 Å². The predicted octanol–water partition coefficient (Wildman–Crippen LogP) is 3.37. The van der Waals surface area contributed by atoms with E-state index in [0.717, 1.165) is 18.2 Å². The van der Waals surface area contributed by atoms with Gasteiger partial charge in [-0.25, -0.2) is 16.8 Å². The first-order valence-electron chi connectivity index (χ1n) is 7.82. The van der Waals surface area contributed by atoms with Crippen LogP contribution in [0.4, 0.5) is 11.4 Å². The minimum Gasteiger partial charge on any atom is -0.282 e. The Morgan fingerprint density at radius 1 is 0.880 bits per heavy atom. The van der Waals surface area contributed by atoms with Gasteiger partial charge in [0, 0.05) is 0 Å². The number of nitrogens with one attached hydrogen (secondary N) is 2. The fraction of sp³-hybridized carbons (Fsp3) is 0.294. The zero-order valence-corrected chi connectivity index (χ0v) is 16.0. The van der Waals surface area contributed by atoms with E-state index in [0.29, 0.717) is 5.92 Å². The van der Waals surface area contributed by atoms with Crippen molar-refractivity contribution in [3.05, 3.63) is 54.1 Å². The van der Waals surface area contributed by atoms with E-state index in [1.165, 1.54) is 12.1 Å². The molecule has 0 aliphatic heterocycles. The molecular weight excluding hydrogens is 360 g/mol. The molecule has 0 saturated heterocycles. The van der Waals surface area contributed by atoms with E-state index in [1.807, 2.05) is 0 Å². The predicted molar refractivity (Wildman–Crippen MR) is 101 cm³/mol. The highest BCUT2D eigenvalue weighted by molar-refractivity contribution is 7.93. The number of anilines is 2. The summed E-state index contributed by atoms with van der Waals surface area (Å²) >= 11 is 0. The van der Waals surface area contributed by atoms with Crippen molar-refractivity contribution in [3.63, 3.8) is 0 Å². The number of sulfonamides is 2. The number of para-hydroxylation sites is 2. The van der Waals surface area contributed by atoms with Crippen LogP contribution in [0.3, 0.4) is 0 Å². The molecule has 0 aromatic heterocycles. The van der Waals surface area contributed by atoms with Crippen molar-refractivity contribution in [1.29, 1.82) is 0 Å². The molecule has 0 radical (unpaired) electrons. The zero-order chi connectivity index (χ0) is 18.7. The number of rotatable bonds is 7. The number of hydrogen-bond acceptors (Lipinski definition) is 4. The van der Waals surface area contributed by atoms with E-state index in [-0.39, 0.29) is 16.3 Å². The SMILES string of the molecule is CCC(C)c1ccc(S(=O)(=O)Nc2ccccc2NS(C)(=O)=O)cc1. The van der Waals surface area contributed by atoms with Gasteiger partial charge in [-0.2, -0.15) is 0 Å². The smallest absolute Gasteiger partial charge is 0.261 e. The van der Waals surface area contributed by atoms with Gasteiger partial charge in [0.25, 0.3) is 10.0 Å². The molecule has 0 spiro atoms. The summed E-state index contributed by atoms with van der Waals surface area (Å²) in [5, 5.41) is 0. The standard InChI is InChI=1S/C17H22N2O4S2/c1-4-13(2)14-9-11-15(12-10-14)25(22,23)19-17-8-6-5-7-16(17)18-24(3,20)21/h5-13,18-19H,4H2,1-3H3. The molecule has 1 unspecified atom stereocenters. The van der Waals surface area contributed by atoms with Gasteiger partial charge in [0.15, 0.2) is 0 Å². The lowest BCUT2D eigenvalue weighted by Gasteiger charge is -2.14. The molecule has 0 fully saturated rings. The molecule has 8 heteroatoms. The average Bonchev–Trinajstić information content (AvgIpc) is 2.54. The van der Waals surface area contributed by atoms with E-state index in [9.17, 15) is 16.8 Å². The van der Waals surface area contributed by atoms with Gasteiger partial charge >= 0.3 is 0 Å². The Bertz CT molecular complexity index is 937. The molecular formula is C17H22N2O4S2. The molecule has 0 bridgehead atoms. The highest BCUT2D eigenvalue weighted by Crippen LogP contribution is 2.26. The molecule has 2 N–H and O–H groups in total. The van der Waals surface area contributed by atoms with E-state index >= 15 is 0 Å². The highest BCUT2D eigenvalue weighted by atomic mass is 32.2. The van der Waals surface area contributed by atoms with Gasteiger partial charge in [-0.05, 0) is 42.2 Å². The molecule has 136 valence electrons. The van der Waals surface area contributed by atoms with Crippen LogP contribution in [0.15, 0.2) is 53.4 Å². The van der Waals surface area contributed by atoms with Gasteiger partial charge in [0.1, 0.15) is 0 Å². The molecule has 1 atom stereocenters. The maximum Gasteiger partial charge on any atom is 0.261 e. The molecule has 2 rings (SSSR count). The molecule has 0 heterocycles. The molecule has 6 nitrogen and oxygen atoms in total. The van der Waals surface area contributed by atoms with Crippen LogP contribution in [0.5, 0.6) is 0 Å². The molecule has 0 aliphatic carbocycles. The Morgan fingerprint density at radius 3 is 1.88 bits per heavy atom. The van der Waals surface area contributed by atoms with Gasteiger partial charge in [0.05, 0.1) is 22.5 Å². The van der Waals surface area contributed by atoms with E-state index in [1.54, 1.807) is 36.4 Å². The van der Waals surface area contributed by atoms with Crippen molar-refractivity contribution in [2.24, 2.45) is 0 Å². The summed E-state index contributed by atoms with van der Waals surface area (Å²) in [5.74, 6) is 0.351. The quantitative estimate of drug-likeness (QED) is 0.768. The lowest BCUT2D eigenvalue weighted by molar-refractivity contribution is 0.600. The van der Waals surface area contributed by atoms with Crippen molar-refractivity contribution in [2.75, 3.05) is 15.7 Å². The van der Waals surface area contributed by atoms with Crippen LogP contribution in [0.25, 0.3) is 0 Å². The van der Waals surface area contributed by atoms with Crippen molar-refractivity contribution in [3.8, 4) is 0 Å². The summed E-state index contributed by atoms with van der Waals surface area (Å²) in [7, 11) is -7.35. The third kappa shape index (κ3) is 5.20.